The third-order valence-corrected chi connectivity index (χ3v) is 2.17. The number of carbonyl (C=O) groups excluding carboxylic acids is 3. The molecule has 0 aromatic rings. The summed E-state index contributed by atoms with van der Waals surface area (Å²) in [6.45, 7) is -0.808. The van der Waals surface area contributed by atoms with Crippen molar-refractivity contribution in [1.82, 2.24) is 5.32 Å². The van der Waals surface area contributed by atoms with Crippen molar-refractivity contribution >= 4 is 18.2 Å². The fourth-order valence-corrected chi connectivity index (χ4v) is 1.20. The van der Waals surface area contributed by atoms with Crippen molar-refractivity contribution in [1.29, 1.82) is 0 Å². The van der Waals surface area contributed by atoms with Gasteiger partial charge < -0.3 is 30.5 Å². The number of aliphatic hydroxyl groups excluding tert-OH is 4. The van der Waals surface area contributed by atoms with Crippen LogP contribution in [0.1, 0.15) is 6.92 Å². The Hall–Kier alpha value is -1.59. The summed E-state index contributed by atoms with van der Waals surface area (Å²) in [4.78, 5) is 41.2. The van der Waals surface area contributed by atoms with Gasteiger partial charge in [-0.2, -0.15) is 4.89 Å². The number of aliphatic hydroxyl groups is 4. The van der Waals surface area contributed by atoms with E-state index in [1.54, 1.807) is 0 Å². The molecule has 0 aromatic carbocycles. The molecule has 0 aliphatic rings. The first-order valence-electron chi connectivity index (χ1n) is 5.53. The first-order valence-corrected chi connectivity index (χ1v) is 5.53. The van der Waals surface area contributed by atoms with Gasteiger partial charge in [0.2, 0.25) is 5.91 Å². The topological polar surface area (TPSA) is 163 Å². The Morgan fingerprint density at radius 3 is 2.30 bits per heavy atom. The number of hydrogen-bond donors (Lipinski definition) is 5. The quantitative estimate of drug-likeness (QED) is 0.163. The molecule has 5 N–H and O–H groups in total. The Morgan fingerprint density at radius 2 is 1.90 bits per heavy atom. The molecule has 0 rings (SSSR count). The van der Waals surface area contributed by atoms with Gasteiger partial charge in [-0.15, -0.1) is 0 Å². The van der Waals surface area contributed by atoms with Crippen LogP contribution >= 0.6 is 0 Å². The Labute approximate surface area is 113 Å². The van der Waals surface area contributed by atoms with Crippen LogP contribution in [-0.4, -0.2) is 76.2 Å². The second-order valence-corrected chi connectivity index (χ2v) is 3.76. The van der Waals surface area contributed by atoms with Gasteiger partial charge in [0.25, 0.3) is 0 Å². The second-order valence-electron chi connectivity index (χ2n) is 3.76. The summed E-state index contributed by atoms with van der Waals surface area (Å²) in [6, 6.07) is -1.52. The molecule has 10 nitrogen and oxygen atoms in total. The fraction of sp³-hybridized carbons (Fsp3) is 0.700. The van der Waals surface area contributed by atoms with Crippen molar-refractivity contribution in [3.05, 3.63) is 0 Å². The van der Waals surface area contributed by atoms with E-state index in [9.17, 15) is 24.6 Å². The predicted octanol–water partition coefficient (Wildman–Crippen LogP) is -3.76. The minimum Gasteiger partial charge on any atom is -0.394 e. The van der Waals surface area contributed by atoms with E-state index in [-0.39, 0.29) is 6.29 Å². The van der Waals surface area contributed by atoms with Crippen LogP contribution in [0.4, 0.5) is 0 Å². The van der Waals surface area contributed by atoms with E-state index in [0.29, 0.717) is 0 Å². The lowest BCUT2D eigenvalue weighted by Crippen LogP contribution is -2.55. The van der Waals surface area contributed by atoms with Crippen LogP contribution in [0.5, 0.6) is 0 Å². The van der Waals surface area contributed by atoms with Crippen LogP contribution in [0.15, 0.2) is 0 Å². The van der Waals surface area contributed by atoms with Gasteiger partial charge in [0, 0.05) is 6.92 Å². The maximum Gasteiger partial charge on any atom is 0.339 e. The number of nitrogens with one attached hydrogen (secondary N) is 1. The first kappa shape index (κ1) is 18.4. The van der Waals surface area contributed by atoms with Gasteiger partial charge in [-0.3, -0.25) is 9.68 Å². The minimum atomic E-state index is -1.84. The van der Waals surface area contributed by atoms with Gasteiger partial charge in [0.15, 0.2) is 6.10 Å². The molecule has 0 unspecified atom stereocenters. The van der Waals surface area contributed by atoms with Crippen molar-refractivity contribution < 1.29 is 44.6 Å². The largest absolute Gasteiger partial charge is 0.394 e. The maximum atomic E-state index is 11.0. The monoisotopic (exact) mass is 295 g/mol. The number of amides is 1. The van der Waals surface area contributed by atoms with Crippen LogP contribution in [0.25, 0.3) is 0 Å². The van der Waals surface area contributed by atoms with Crippen LogP contribution in [0.3, 0.4) is 0 Å². The van der Waals surface area contributed by atoms with Crippen molar-refractivity contribution in [2.24, 2.45) is 0 Å². The highest BCUT2D eigenvalue weighted by molar-refractivity contribution is 5.80. The maximum absolute atomic E-state index is 11.0. The number of hydrogen-bond acceptors (Lipinski definition) is 9. The zero-order valence-corrected chi connectivity index (χ0v) is 10.6. The lowest BCUT2D eigenvalue weighted by molar-refractivity contribution is -0.318. The zero-order valence-electron chi connectivity index (χ0n) is 10.6. The summed E-state index contributed by atoms with van der Waals surface area (Å²) in [7, 11) is 0. The molecule has 0 saturated heterocycles. The van der Waals surface area contributed by atoms with E-state index in [1.165, 1.54) is 0 Å². The van der Waals surface area contributed by atoms with Gasteiger partial charge in [-0.1, -0.05) is 0 Å². The molecule has 0 fully saturated rings. The van der Waals surface area contributed by atoms with Gasteiger partial charge in [-0.05, 0) is 0 Å². The number of carbonyl (C=O) groups is 3. The third kappa shape index (κ3) is 6.04. The summed E-state index contributed by atoms with van der Waals surface area (Å²) in [5, 5.41) is 38.2. The average Bonchev–Trinajstić information content (AvgIpc) is 2.44. The highest BCUT2D eigenvalue weighted by atomic mass is 17.2. The van der Waals surface area contributed by atoms with Crippen LogP contribution in [0.2, 0.25) is 0 Å². The second kappa shape index (κ2) is 9.34. The minimum absolute atomic E-state index is 0.148. The van der Waals surface area contributed by atoms with E-state index in [2.05, 4.69) is 9.78 Å². The van der Waals surface area contributed by atoms with Crippen LogP contribution < -0.4 is 5.32 Å². The van der Waals surface area contributed by atoms with Crippen LogP contribution in [-0.2, 0) is 24.2 Å². The van der Waals surface area contributed by atoms with Crippen LogP contribution in [0, 0.1) is 0 Å². The number of rotatable bonds is 9. The SMILES string of the molecule is CC(=O)OO[C@@H]([C@H](O)[C@H](O)CO)[C@@H](C=O)NC(=O)CO. The average molecular weight is 295 g/mol. The molecular formula is C10H17NO9. The molecule has 0 heterocycles. The molecule has 4 atom stereocenters. The smallest absolute Gasteiger partial charge is 0.339 e. The van der Waals surface area contributed by atoms with Crippen molar-refractivity contribution in [2.45, 2.75) is 31.3 Å². The highest BCUT2D eigenvalue weighted by Gasteiger charge is 2.36. The molecule has 0 aliphatic heterocycles. The molecule has 0 saturated carbocycles. The van der Waals surface area contributed by atoms with E-state index in [1.807, 2.05) is 5.32 Å². The summed E-state index contributed by atoms with van der Waals surface area (Å²) in [5.74, 6) is -1.86. The zero-order chi connectivity index (χ0) is 15.7. The Morgan fingerprint density at radius 1 is 1.30 bits per heavy atom. The lowest BCUT2D eigenvalue weighted by atomic mass is 10.0. The molecule has 0 aromatic heterocycles. The van der Waals surface area contributed by atoms with Gasteiger partial charge >= 0.3 is 5.97 Å². The fourth-order valence-electron chi connectivity index (χ4n) is 1.20. The molecule has 0 aliphatic carbocycles. The number of aldehydes is 1. The Bertz CT molecular complexity index is 335. The highest BCUT2D eigenvalue weighted by Crippen LogP contribution is 2.10. The van der Waals surface area contributed by atoms with E-state index >= 15 is 0 Å². The third-order valence-electron chi connectivity index (χ3n) is 2.17. The van der Waals surface area contributed by atoms with Crippen molar-refractivity contribution in [3.8, 4) is 0 Å². The normalized spacial score (nSPS) is 16.6. The summed E-state index contributed by atoms with van der Waals surface area (Å²) in [5.41, 5.74) is 0. The molecule has 0 radical (unpaired) electrons. The molecule has 10 heteroatoms. The summed E-state index contributed by atoms with van der Waals surface area (Å²) >= 11 is 0. The van der Waals surface area contributed by atoms with E-state index in [4.69, 9.17) is 10.2 Å². The lowest BCUT2D eigenvalue weighted by Gasteiger charge is -2.28. The first-order chi connectivity index (χ1) is 9.37. The molecule has 0 bridgehead atoms. The molecule has 20 heavy (non-hydrogen) atoms. The summed E-state index contributed by atoms with van der Waals surface area (Å²) < 4.78 is 0. The van der Waals surface area contributed by atoms with Gasteiger partial charge in [-0.25, -0.2) is 4.79 Å². The molecule has 0 spiro atoms. The van der Waals surface area contributed by atoms with E-state index < -0.39 is 49.4 Å². The van der Waals surface area contributed by atoms with Gasteiger partial charge in [0.1, 0.15) is 31.1 Å². The Kier molecular flexibility index (Phi) is 8.59. The molecular weight excluding hydrogens is 278 g/mol. The summed E-state index contributed by atoms with van der Waals surface area (Å²) in [6.07, 6.45) is -5.07. The van der Waals surface area contributed by atoms with Crippen molar-refractivity contribution in [2.75, 3.05) is 13.2 Å². The van der Waals surface area contributed by atoms with Crippen molar-refractivity contribution in [3.63, 3.8) is 0 Å². The Balaban J connectivity index is 4.98. The standard InChI is InChI=1S/C10H17NO9/c1-5(15)19-20-10(9(18)7(16)3-13)6(2-12)11-8(17)4-14/h2,6-7,9-10,13-14,16,18H,3-4H2,1H3,(H,11,17)/t6-,7-,9-,10-/m1/s1. The molecule has 116 valence electrons. The molecule has 1 amide bonds. The predicted molar refractivity (Wildman–Crippen MR) is 60.8 cm³/mol. The van der Waals surface area contributed by atoms with Gasteiger partial charge in [0.05, 0.1) is 6.61 Å². The van der Waals surface area contributed by atoms with E-state index in [0.717, 1.165) is 6.92 Å².